The van der Waals surface area contributed by atoms with E-state index in [0.29, 0.717) is 17.1 Å². The van der Waals surface area contributed by atoms with Crippen molar-refractivity contribution in [3.8, 4) is 6.07 Å². The molecule has 2 N–H and O–H groups in total. The summed E-state index contributed by atoms with van der Waals surface area (Å²) in [6.07, 6.45) is 0. The zero-order valence-corrected chi connectivity index (χ0v) is 8.98. The predicted octanol–water partition coefficient (Wildman–Crippen LogP) is -0.478. The van der Waals surface area contributed by atoms with Gasteiger partial charge in [-0.1, -0.05) is 0 Å². The first-order valence-electron chi connectivity index (χ1n) is 4.40. The minimum absolute atomic E-state index is 0.0631. The van der Waals surface area contributed by atoms with Crippen molar-refractivity contribution in [1.82, 2.24) is 9.78 Å². The van der Waals surface area contributed by atoms with Gasteiger partial charge in [0.1, 0.15) is 17.5 Å². The highest BCUT2D eigenvalue weighted by atomic mass is 16.1. The SMILES string of the molecule is Cc1nn(C)c(N(C)CC(N)=O)c1C#N. The molecule has 80 valence electrons. The first kappa shape index (κ1) is 11.0. The highest BCUT2D eigenvalue weighted by Crippen LogP contribution is 2.20. The third-order valence-corrected chi connectivity index (χ3v) is 2.06. The van der Waals surface area contributed by atoms with Crippen LogP contribution in [0.3, 0.4) is 0 Å². The van der Waals surface area contributed by atoms with Gasteiger partial charge >= 0.3 is 0 Å². The smallest absolute Gasteiger partial charge is 0.236 e. The molecule has 0 spiro atoms. The molecule has 6 nitrogen and oxygen atoms in total. The van der Waals surface area contributed by atoms with Crippen LogP contribution in [0.1, 0.15) is 11.3 Å². The number of amides is 1. The van der Waals surface area contributed by atoms with Crippen LogP contribution in [0, 0.1) is 18.3 Å². The fourth-order valence-electron chi connectivity index (χ4n) is 1.52. The lowest BCUT2D eigenvalue weighted by molar-refractivity contribution is -0.116. The molecular weight excluding hydrogens is 194 g/mol. The molecule has 0 saturated heterocycles. The van der Waals surface area contributed by atoms with E-state index in [9.17, 15) is 4.79 Å². The highest BCUT2D eigenvalue weighted by Gasteiger charge is 2.17. The van der Waals surface area contributed by atoms with Gasteiger partial charge in [-0.3, -0.25) is 9.48 Å². The van der Waals surface area contributed by atoms with E-state index >= 15 is 0 Å². The van der Waals surface area contributed by atoms with E-state index in [4.69, 9.17) is 11.0 Å². The second-order valence-corrected chi connectivity index (χ2v) is 3.34. The number of aromatic nitrogens is 2. The molecule has 1 aromatic heterocycles. The summed E-state index contributed by atoms with van der Waals surface area (Å²) in [5.41, 5.74) is 6.20. The van der Waals surface area contributed by atoms with Crippen molar-refractivity contribution >= 4 is 11.7 Å². The van der Waals surface area contributed by atoms with Gasteiger partial charge in [-0.2, -0.15) is 10.4 Å². The zero-order chi connectivity index (χ0) is 11.6. The van der Waals surface area contributed by atoms with Gasteiger partial charge in [0.2, 0.25) is 5.91 Å². The Morgan fingerprint density at radius 1 is 1.73 bits per heavy atom. The van der Waals surface area contributed by atoms with Gasteiger partial charge in [0.15, 0.2) is 0 Å². The third kappa shape index (κ3) is 2.07. The summed E-state index contributed by atoms with van der Waals surface area (Å²) in [4.78, 5) is 12.4. The van der Waals surface area contributed by atoms with Gasteiger partial charge in [-0.15, -0.1) is 0 Å². The molecule has 1 amide bonds. The fraction of sp³-hybridized carbons (Fsp3) is 0.444. The molecule has 0 unspecified atom stereocenters. The number of likely N-dealkylation sites (N-methyl/N-ethyl adjacent to an activating group) is 1. The minimum atomic E-state index is -0.444. The average molecular weight is 207 g/mol. The lowest BCUT2D eigenvalue weighted by Gasteiger charge is -2.17. The molecular formula is C9H13N5O. The zero-order valence-electron chi connectivity index (χ0n) is 8.98. The molecule has 0 aromatic carbocycles. The molecule has 0 aliphatic heterocycles. The van der Waals surface area contributed by atoms with Crippen LogP contribution in [0.15, 0.2) is 0 Å². The largest absolute Gasteiger partial charge is 0.368 e. The van der Waals surface area contributed by atoms with E-state index in [2.05, 4.69) is 11.2 Å². The summed E-state index contributed by atoms with van der Waals surface area (Å²) in [6.45, 7) is 1.81. The molecule has 0 fully saturated rings. The Morgan fingerprint density at radius 3 is 2.80 bits per heavy atom. The van der Waals surface area contributed by atoms with Gasteiger partial charge in [-0.25, -0.2) is 0 Å². The van der Waals surface area contributed by atoms with Crippen molar-refractivity contribution in [3.05, 3.63) is 11.3 Å². The molecule has 0 aliphatic rings. The molecule has 0 radical (unpaired) electrons. The number of nitriles is 1. The number of hydrogen-bond donors (Lipinski definition) is 1. The number of nitrogens with zero attached hydrogens (tertiary/aromatic N) is 4. The van der Waals surface area contributed by atoms with E-state index < -0.39 is 5.91 Å². The van der Waals surface area contributed by atoms with E-state index in [1.165, 1.54) is 0 Å². The van der Waals surface area contributed by atoms with E-state index in [1.807, 2.05) is 0 Å². The normalized spacial score (nSPS) is 9.73. The minimum Gasteiger partial charge on any atom is -0.368 e. The third-order valence-electron chi connectivity index (χ3n) is 2.06. The number of nitrogens with two attached hydrogens (primary N) is 1. The Kier molecular flexibility index (Phi) is 2.95. The maximum atomic E-state index is 10.8. The van der Waals surface area contributed by atoms with Crippen molar-refractivity contribution in [1.29, 1.82) is 5.26 Å². The van der Waals surface area contributed by atoms with Crippen LogP contribution in [0.4, 0.5) is 5.82 Å². The molecule has 0 aliphatic carbocycles. The van der Waals surface area contributed by atoms with E-state index in [0.717, 1.165) is 0 Å². The van der Waals surface area contributed by atoms with Crippen molar-refractivity contribution < 1.29 is 4.79 Å². The highest BCUT2D eigenvalue weighted by molar-refractivity contribution is 5.79. The van der Waals surface area contributed by atoms with Crippen LogP contribution < -0.4 is 10.6 Å². The first-order chi connectivity index (χ1) is 6.97. The number of aryl methyl sites for hydroxylation is 2. The van der Waals surface area contributed by atoms with Crippen LogP contribution in [-0.4, -0.2) is 29.3 Å². The van der Waals surface area contributed by atoms with Crippen molar-refractivity contribution in [3.63, 3.8) is 0 Å². The van der Waals surface area contributed by atoms with Crippen LogP contribution in [0.25, 0.3) is 0 Å². The van der Waals surface area contributed by atoms with Crippen LogP contribution in [0.2, 0.25) is 0 Å². The average Bonchev–Trinajstić information content (AvgIpc) is 2.38. The second kappa shape index (κ2) is 4.00. The lowest BCUT2D eigenvalue weighted by Crippen LogP contribution is -2.32. The van der Waals surface area contributed by atoms with Crippen molar-refractivity contribution in [2.24, 2.45) is 12.8 Å². The molecule has 1 aromatic rings. The number of rotatable bonds is 3. The first-order valence-corrected chi connectivity index (χ1v) is 4.40. The van der Waals surface area contributed by atoms with Gasteiger partial charge in [-0.05, 0) is 6.92 Å². The topological polar surface area (TPSA) is 87.9 Å². The predicted molar refractivity (Wildman–Crippen MR) is 55.1 cm³/mol. The number of carbonyl (C=O) groups is 1. The summed E-state index contributed by atoms with van der Waals surface area (Å²) in [7, 11) is 3.42. The Morgan fingerprint density at radius 2 is 2.33 bits per heavy atom. The molecule has 1 rings (SSSR count). The molecule has 0 atom stereocenters. The van der Waals surface area contributed by atoms with Crippen LogP contribution >= 0.6 is 0 Å². The lowest BCUT2D eigenvalue weighted by atomic mass is 10.2. The standard InChI is InChI=1S/C9H13N5O/c1-6-7(4-10)9(14(3)12-6)13(2)5-8(11)15/h5H2,1-3H3,(H2,11,15). The fourth-order valence-corrected chi connectivity index (χ4v) is 1.52. The summed E-state index contributed by atoms with van der Waals surface area (Å²) in [6, 6.07) is 2.06. The van der Waals surface area contributed by atoms with Gasteiger partial charge < -0.3 is 10.6 Å². The van der Waals surface area contributed by atoms with Crippen LogP contribution in [-0.2, 0) is 11.8 Å². The van der Waals surface area contributed by atoms with Gasteiger partial charge in [0.25, 0.3) is 0 Å². The van der Waals surface area contributed by atoms with E-state index in [1.54, 1.807) is 30.6 Å². The maximum absolute atomic E-state index is 10.8. The van der Waals surface area contributed by atoms with Gasteiger partial charge in [0, 0.05) is 14.1 Å². The summed E-state index contributed by atoms with van der Waals surface area (Å²) < 4.78 is 1.57. The quantitative estimate of drug-likeness (QED) is 0.725. The Labute approximate surface area is 87.9 Å². The second-order valence-electron chi connectivity index (χ2n) is 3.34. The van der Waals surface area contributed by atoms with Crippen molar-refractivity contribution in [2.75, 3.05) is 18.5 Å². The Balaban J connectivity index is 3.13. The molecule has 0 bridgehead atoms. The number of carbonyl (C=O) groups excluding carboxylic acids is 1. The summed E-state index contributed by atoms with van der Waals surface area (Å²) >= 11 is 0. The van der Waals surface area contributed by atoms with Crippen molar-refractivity contribution in [2.45, 2.75) is 6.92 Å². The number of anilines is 1. The number of hydrogen-bond acceptors (Lipinski definition) is 4. The molecule has 1 heterocycles. The summed E-state index contributed by atoms with van der Waals surface area (Å²) in [5, 5.41) is 13.1. The van der Waals surface area contributed by atoms with E-state index in [-0.39, 0.29) is 6.54 Å². The molecule has 15 heavy (non-hydrogen) atoms. The number of primary amides is 1. The van der Waals surface area contributed by atoms with Gasteiger partial charge in [0.05, 0.1) is 12.2 Å². The Hall–Kier alpha value is -2.03. The maximum Gasteiger partial charge on any atom is 0.236 e. The Bertz CT molecular complexity index is 428. The molecule has 0 saturated carbocycles. The van der Waals surface area contributed by atoms with Crippen LogP contribution in [0.5, 0.6) is 0 Å². The monoisotopic (exact) mass is 207 g/mol. The summed E-state index contributed by atoms with van der Waals surface area (Å²) in [5.74, 6) is 0.161. The molecule has 6 heteroatoms.